The van der Waals surface area contributed by atoms with Crippen molar-refractivity contribution in [3.63, 3.8) is 0 Å². The van der Waals surface area contributed by atoms with Gasteiger partial charge < -0.3 is 5.11 Å². The van der Waals surface area contributed by atoms with Crippen LogP contribution in [0.15, 0.2) is 36.4 Å². The van der Waals surface area contributed by atoms with E-state index in [1.165, 1.54) is 12.1 Å². The van der Waals surface area contributed by atoms with E-state index in [0.29, 0.717) is 16.1 Å². The zero-order valence-electron chi connectivity index (χ0n) is 10.2. The highest BCUT2D eigenvalue weighted by atomic mass is 32.1. The molecule has 1 aromatic heterocycles. The summed E-state index contributed by atoms with van der Waals surface area (Å²) >= 11 is 0.914. The fourth-order valence-electron chi connectivity index (χ4n) is 2.14. The first-order chi connectivity index (χ1) is 9.58. The molecule has 2 heterocycles. The van der Waals surface area contributed by atoms with Gasteiger partial charge in [0.15, 0.2) is 0 Å². The molecule has 0 aliphatic carbocycles. The highest BCUT2D eigenvalue weighted by Gasteiger charge is 2.32. The quantitative estimate of drug-likeness (QED) is 0.859. The van der Waals surface area contributed by atoms with E-state index in [1.54, 1.807) is 24.3 Å². The van der Waals surface area contributed by atoms with Crippen molar-refractivity contribution in [3.05, 3.63) is 52.4 Å². The standard InChI is InChI=1S/C14H9NO4S/c16-11-7-8-3-1-2-4-9(8)13(17)15(11)12-6-5-10(20-12)14(18)19/h1-6H,7H2,(H,18,19). The average Bonchev–Trinajstić information content (AvgIpc) is 2.88. The molecule has 5 nitrogen and oxygen atoms in total. The fraction of sp³-hybridized carbons (Fsp3) is 0.0714. The van der Waals surface area contributed by atoms with E-state index < -0.39 is 11.9 Å². The summed E-state index contributed by atoms with van der Waals surface area (Å²) in [6, 6.07) is 9.81. The normalized spacial score (nSPS) is 14.3. The van der Waals surface area contributed by atoms with Gasteiger partial charge in [-0.3, -0.25) is 9.59 Å². The first-order valence-electron chi connectivity index (χ1n) is 5.86. The third-order valence-corrected chi connectivity index (χ3v) is 4.12. The molecule has 1 aliphatic rings. The van der Waals surface area contributed by atoms with Crippen molar-refractivity contribution in [3.8, 4) is 0 Å². The molecule has 0 radical (unpaired) electrons. The number of nitrogens with zero attached hydrogens (tertiary/aromatic N) is 1. The van der Waals surface area contributed by atoms with Crippen molar-refractivity contribution in [2.45, 2.75) is 6.42 Å². The van der Waals surface area contributed by atoms with Gasteiger partial charge in [-0.15, -0.1) is 11.3 Å². The van der Waals surface area contributed by atoms with E-state index in [2.05, 4.69) is 0 Å². The summed E-state index contributed by atoms with van der Waals surface area (Å²) in [4.78, 5) is 36.5. The predicted octanol–water partition coefficient (Wildman–Crippen LogP) is 2.18. The number of hydrogen-bond donors (Lipinski definition) is 1. The van der Waals surface area contributed by atoms with Crippen molar-refractivity contribution in [1.29, 1.82) is 0 Å². The lowest BCUT2D eigenvalue weighted by molar-refractivity contribution is -0.117. The Hall–Kier alpha value is -2.47. The van der Waals surface area contributed by atoms with Gasteiger partial charge in [0, 0.05) is 5.56 Å². The Morgan fingerprint density at radius 1 is 1.15 bits per heavy atom. The minimum absolute atomic E-state index is 0.0967. The lowest BCUT2D eigenvalue weighted by Gasteiger charge is -2.25. The molecule has 0 saturated carbocycles. The number of hydrogen-bond acceptors (Lipinski definition) is 4. The number of rotatable bonds is 2. The maximum atomic E-state index is 12.4. The minimum Gasteiger partial charge on any atom is -0.477 e. The van der Waals surface area contributed by atoms with Gasteiger partial charge in [-0.2, -0.15) is 0 Å². The summed E-state index contributed by atoms with van der Waals surface area (Å²) in [5, 5.41) is 9.25. The maximum Gasteiger partial charge on any atom is 0.345 e. The highest BCUT2D eigenvalue weighted by molar-refractivity contribution is 7.18. The molecule has 20 heavy (non-hydrogen) atoms. The van der Waals surface area contributed by atoms with Crippen LogP contribution in [0.3, 0.4) is 0 Å². The summed E-state index contributed by atoms with van der Waals surface area (Å²) in [5.41, 5.74) is 1.19. The van der Waals surface area contributed by atoms with Crippen molar-refractivity contribution < 1.29 is 19.5 Å². The molecule has 1 aliphatic heterocycles. The SMILES string of the molecule is O=C(O)c1ccc(N2C(=O)Cc3ccccc3C2=O)s1. The third-order valence-electron chi connectivity index (χ3n) is 3.06. The molecule has 100 valence electrons. The van der Waals surface area contributed by atoms with E-state index in [4.69, 9.17) is 5.11 Å². The lowest BCUT2D eigenvalue weighted by atomic mass is 9.99. The van der Waals surface area contributed by atoms with Gasteiger partial charge in [-0.1, -0.05) is 18.2 Å². The van der Waals surface area contributed by atoms with Crippen molar-refractivity contribution in [2.24, 2.45) is 0 Å². The molecule has 0 saturated heterocycles. The monoisotopic (exact) mass is 287 g/mol. The molecular weight excluding hydrogens is 278 g/mol. The number of fused-ring (bicyclic) bond motifs is 1. The van der Waals surface area contributed by atoms with Crippen molar-refractivity contribution in [1.82, 2.24) is 0 Å². The molecule has 2 amide bonds. The number of carbonyl (C=O) groups is 3. The molecule has 0 atom stereocenters. The summed E-state index contributed by atoms with van der Waals surface area (Å²) in [5.74, 6) is -1.82. The zero-order valence-corrected chi connectivity index (χ0v) is 11.0. The zero-order chi connectivity index (χ0) is 14.3. The number of thiophene rings is 1. The van der Waals surface area contributed by atoms with Crippen LogP contribution in [-0.4, -0.2) is 22.9 Å². The van der Waals surface area contributed by atoms with Crippen LogP contribution in [0.2, 0.25) is 0 Å². The van der Waals surface area contributed by atoms with Gasteiger partial charge >= 0.3 is 5.97 Å². The molecular formula is C14H9NO4S. The van der Waals surface area contributed by atoms with E-state index in [0.717, 1.165) is 16.2 Å². The molecule has 2 aromatic rings. The molecule has 1 aromatic carbocycles. The van der Waals surface area contributed by atoms with Crippen LogP contribution in [-0.2, 0) is 11.2 Å². The summed E-state index contributed by atoms with van der Waals surface area (Å²) in [6.45, 7) is 0. The molecule has 0 bridgehead atoms. The molecule has 0 fully saturated rings. The number of imide groups is 1. The van der Waals surface area contributed by atoms with E-state index >= 15 is 0 Å². The van der Waals surface area contributed by atoms with Gasteiger partial charge in [0.05, 0.1) is 6.42 Å². The number of aromatic carboxylic acids is 1. The second-order valence-electron chi connectivity index (χ2n) is 4.31. The Morgan fingerprint density at radius 3 is 2.60 bits per heavy atom. The number of amides is 2. The molecule has 6 heteroatoms. The predicted molar refractivity (Wildman–Crippen MR) is 73.2 cm³/mol. The Labute approximate surface area is 118 Å². The topological polar surface area (TPSA) is 74.7 Å². The number of anilines is 1. The summed E-state index contributed by atoms with van der Waals surface area (Å²) in [6.07, 6.45) is 0.141. The number of carbonyl (C=O) groups excluding carboxylic acids is 2. The Balaban J connectivity index is 2.04. The largest absolute Gasteiger partial charge is 0.477 e. The Kier molecular flexibility index (Phi) is 2.87. The maximum absolute atomic E-state index is 12.4. The van der Waals surface area contributed by atoms with Crippen molar-refractivity contribution >= 4 is 34.1 Å². The lowest BCUT2D eigenvalue weighted by Crippen LogP contribution is -2.42. The highest BCUT2D eigenvalue weighted by Crippen LogP contribution is 2.31. The van der Waals surface area contributed by atoms with E-state index in [9.17, 15) is 14.4 Å². The number of carboxylic acids is 1. The summed E-state index contributed by atoms with van der Waals surface area (Å²) < 4.78 is 0. The number of carboxylic acid groups (broad SMARTS) is 1. The second-order valence-corrected chi connectivity index (χ2v) is 5.37. The van der Waals surface area contributed by atoms with E-state index in [1.807, 2.05) is 0 Å². The van der Waals surface area contributed by atoms with Gasteiger partial charge in [0.1, 0.15) is 9.88 Å². The van der Waals surface area contributed by atoms with Crippen LogP contribution in [0.5, 0.6) is 0 Å². The minimum atomic E-state index is -1.07. The Bertz CT molecular complexity index is 734. The Morgan fingerprint density at radius 2 is 1.90 bits per heavy atom. The van der Waals surface area contributed by atoms with Crippen LogP contribution in [0, 0.1) is 0 Å². The number of benzene rings is 1. The van der Waals surface area contributed by atoms with Crippen LogP contribution in [0.1, 0.15) is 25.6 Å². The third kappa shape index (κ3) is 1.90. The summed E-state index contributed by atoms with van der Waals surface area (Å²) in [7, 11) is 0. The van der Waals surface area contributed by atoms with Gasteiger partial charge in [0.2, 0.25) is 5.91 Å². The van der Waals surface area contributed by atoms with Crippen LogP contribution < -0.4 is 4.90 Å². The van der Waals surface area contributed by atoms with Crippen LogP contribution >= 0.6 is 11.3 Å². The molecule has 1 N–H and O–H groups in total. The van der Waals surface area contributed by atoms with Crippen LogP contribution in [0.4, 0.5) is 5.00 Å². The van der Waals surface area contributed by atoms with Gasteiger partial charge in [-0.05, 0) is 23.8 Å². The smallest absolute Gasteiger partial charge is 0.345 e. The fourth-order valence-corrected chi connectivity index (χ4v) is 3.01. The molecule has 0 unspecified atom stereocenters. The molecule has 0 spiro atoms. The van der Waals surface area contributed by atoms with Crippen molar-refractivity contribution in [2.75, 3.05) is 4.90 Å². The van der Waals surface area contributed by atoms with Crippen LogP contribution in [0.25, 0.3) is 0 Å². The first-order valence-corrected chi connectivity index (χ1v) is 6.68. The van der Waals surface area contributed by atoms with Gasteiger partial charge in [-0.25, -0.2) is 9.69 Å². The van der Waals surface area contributed by atoms with Gasteiger partial charge in [0.25, 0.3) is 5.91 Å². The van der Waals surface area contributed by atoms with E-state index in [-0.39, 0.29) is 17.2 Å². The molecule has 3 rings (SSSR count). The first kappa shape index (κ1) is 12.6. The average molecular weight is 287 g/mol. The second kappa shape index (κ2) is 4.57.